The zero-order chi connectivity index (χ0) is 9.40. The molecule has 0 saturated heterocycles. The summed E-state index contributed by atoms with van der Waals surface area (Å²) in [5, 5.41) is 8.53. The zero-order valence-corrected chi connectivity index (χ0v) is 7.04. The first-order valence-electron chi connectivity index (χ1n) is 3.58. The van der Waals surface area contributed by atoms with Gasteiger partial charge in [0.2, 0.25) is 0 Å². The van der Waals surface area contributed by atoms with Crippen molar-refractivity contribution < 1.29 is 9.53 Å². The molecule has 0 radical (unpaired) electrons. The number of hydrogen-bond donors (Lipinski definition) is 0. The van der Waals surface area contributed by atoms with Crippen molar-refractivity contribution in [2.24, 2.45) is 5.92 Å². The third-order valence-corrected chi connectivity index (χ3v) is 1.39. The average Bonchev–Trinajstić information content (AvgIpc) is 2.11. The molecule has 0 saturated carbocycles. The summed E-state index contributed by atoms with van der Waals surface area (Å²) in [5.41, 5.74) is 2.57. The maximum atomic E-state index is 10.8. The Morgan fingerprint density at radius 2 is 2.50 bits per heavy atom. The summed E-state index contributed by atoms with van der Waals surface area (Å²) in [7, 11) is 1.27. The summed E-state index contributed by atoms with van der Waals surface area (Å²) in [5.74, 6) is -1.14. The molecular formula is C9H11NO2. The quantitative estimate of drug-likeness (QED) is 0.467. The molecule has 0 aromatic rings. The fourth-order valence-electron chi connectivity index (χ4n) is 0.729. The van der Waals surface area contributed by atoms with Gasteiger partial charge in [0.25, 0.3) is 0 Å². The topological polar surface area (TPSA) is 50.1 Å². The second kappa shape index (κ2) is 6.21. The van der Waals surface area contributed by atoms with Crippen molar-refractivity contribution in [2.45, 2.75) is 12.8 Å². The van der Waals surface area contributed by atoms with Crippen molar-refractivity contribution in [3.63, 3.8) is 0 Å². The summed E-state index contributed by atoms with van der Waals surface area (Å²) in [6.45, 7) is 3.37. The van der Waals surface area contributed by atoms with E-state index in [1.165, 1.54) is 7.11 Å². The number of hydrogen-bond acceptors (Lipinski definition) is 3. The van der Waals surface area contributed by atoms with Gasteiger partial charge in [-0.05, 0) is 18.9 Å². The van der Waals surface area contributed by atoms with Gasteiger partial charge in [0.05, 0.1) is 13.2 Å². The molecule has 0 amide bonds. The van der Waals surface area contributed by atoms with E-state index in [0.29, 0.717) is 12.8 Å². The van der Waals surface area contributed by atoms with Crippen molar-refractivity contribution in [1.82, 2.24) is 0 Å². The highest BCUT2D eigenvalue weighted by molar-refractivity contribution is 5.74. The molecule has 0 spiro atoms. The summed E-state index contributed by atoms with van der Waals surface area (Å²) in [6, 6.07) is 1.87. The SMILES string of the molecule is C=C=CCCC(C#N)C(=O)OC. The summed E-state index contributed by atoms with van der Waals surface area (Å²) in [4.78, 5) is 10.8. The van der Waals surface area contributed by atoms with Gasteiger partial charge in [0, 0.05) is 0 Å². The highest BCUT2D eigenvalue weighted by Crippen LogP contribution is 2.07. The van der Waals surface area contributed by atoms with Crippen molar-refractivity contribution >= 4 is 5.97 Å². The molecule has 0 aromatic carbocycles. The van der Waals surface area contributed by atoms with Crippen molar-refractivity contribution in [1.29, 1.82) is 5.26 Å². The molecule has 0 aliphatic heterocycles. The first-order valence-corrected chi connectivity index (χ1v) is 3.58. The van der Waals surface area contributed by atoms with E-state index in [2.05, 4.69) is 17.0 Å². The fourth-order valence-corrected chi connectivity index (χ4v) is 0.729. The van der Waals surface area contributed by atoms with Crippen LogP contribution in [0.3, 0.4) is 0 Å². The lowest BCUT2D eigenvalue weighted by molar-refractivity contribution is -0.143. The Balaban J connectivity index is 3.93. The van der Waals surface area contributed by atoms with Crippen LogP contribution in [0.15, 0.2) is 18.4 Å². The molecule has 1 atom stereocenters. The van der Waals surface area contributed by atoms with Crippen LogP contribution in [0.2, 0.25) is 0 Å². The number of ether oxygens (including phenoxy) is 1. The highest BCUT2D eigenvalue weighted by atomic mass is 16.5. The fraction of sp³-hybridized carbons (Fsp3) is 0.444. The number of nitrogens with zero attached hydrogens (tertiary/aromatic N) is 1. The standard InChI is InChI=1S/C9H11NO2/c1-3-4-5-6-8(7-10)9(11)12-2/h4,8H,1,5-6H2,2H3. The molecule has 3 nitrogen and oxygen atoms in total. The van der Waals surface area contributed by atoms with Crippen LogP contribution in [-0.2, 0) is 9.53 Å². The van der Waals surface area contributed by atoms with Gasteiger partial charge in [-0.15, -0.1) is 5.73 Å². The lowest BCUT2D eigenvalue weighted by Gasteiger charge is -2.02. The number of rotatable bonds is 4. The van der Waals surface area contributed by atoms with Gasteiger partial charge >= 0.3 is 5.97 Å². The van der Waals surface area contributed by atoms with Crippen LogP contribution in [0.4, 0.5) is 0 Å². The normalized spacial score (nSPS) is 10.7. The molecule has 1 unspecified atom stereocenters. The summed E-state index contributed by atoms with van der Waals surface area (Å²) >= 11 is 0. The lowest BCUT2D eigenvalue weighted by atomic mass is 10.1. The third-order valence-electron chi connectivity index (χ3n) is 1.39. The number of carbonyl (C=O) groups excluding carboxylic acids is 1. The van der Waals surface area contributed by atoms with Gasteiger partial charge in [0.15, 0.2) is 0 Å². The van der Waals surface area contributed by atoms with Crippen LogP contribution in [-0.4, -0.2) is 13.1 Å². The van der Waals surface area contributed by atoms with Crippen LogP contribution in [0.5, 0.6) is 0 Å². The van der Waals surface area contributed by atoms with Crippen LogP contribution < -0.4 is 0 Å². The Hall–Kier alpha value is -1.52. The average molecular weight is 165 g/mol. The second-order valence-electron chi connectivity index (χ2n) is 2.19. The molecule has 3 heteroatoms. The van der Waals surface area contributed by atoms with Gasteiger partial charge in [-0.25, -0.2) is 0 Å². The van der Waals surface area contributed by atoms with Crippen LogP contribution in [0.1, 0.15) is 12.8 Å². The van der Waals surface area contributed by atoms with E-state index in [-0.39, 0.29) is 0 Å². The number of nitriles is 1. The lowest BCUT2D eigenvalue weighted by Crippen LogP contribution is -2.13. The molecule has 0 aliphatic carbocycles. The summed E-state index contributed by atoms with van der Waals surface area (Å²) < 4.78 is 4.42. The number of esters is 1. The Morgan fingerprint density at radius 3 is 2.92 bits per heavy atom. The number of allylic oxidation sites excluding steroid dienone is 1. The first-order chi connectivity index (χ1) is 5.76. The minimum atomic E-state index is -0.667. The number of methoxy groups -OCH3 is 1. The molecular weight excluding hydrogens is 154 g/mol. The predicted octanol–water partition coefficient (Wildman–Crippen LogP) is 1.42. The molecule has 0 N–H and O–H groups in total. The van der Waals surface area contributed by atoms with Gasteiger partial charge in [-0.1, -0.05) is 6.58 Å². The maximum absolute atomic E-state index is 10.8. The van der Waals surface area contributed by atoms with Gasteiger partial charge < -0.3 is 4.74 Å². The van der Waals surface area contributed by atoms with Crippen LogP contribution in [0, 0.1) is 17.2 Å². The first kappa shape index (κ1) is 10.5. The Morgan fingerprint density at radius 1 is 1.83 bits per heavy atom. The Labute approximate surface area is 71.9 Å². The molecule has 0 rings (SSSR count). The molecule has 64 valence electrons. The minimum absolute atomic E-state index is 0.464. The van der Waals surface area contributed by atoms with E-state index in [4.69, 9.17) is 5.26 Å². The molecule has 12 heavy (non-hydrogen) atoms. The van der Waals surface area contributed by atoms with Gasteiger partial charge in [-0.3, -0.25) is 4.79 Å². The van der Waals surface area contributed by atoms with E-state index >= 15 is 0 Å². The van der Waals surface area contributed by atoms with E-state index in [9.17, 15) is 4.79 Å². The zero-order valence-electron chi connectivity index (χ0n) is 7.04. The number of carbonyl (C=O) groups is 1. The maximum Gasteiger partial charge on any atom is 0.323 e. The van der Waals surface area contributed by atoms with Crippen molar-refractivity contribution in [2.75, 3.05) is 7.11 Å². The predicted molar refractivity (Wildman–Crippen MR) is 44.1 cm³/mol. The molecule has 0 heterocycles. The molecule has 0 bridgehead atoms. The second-order valence-corrected chi connectivity index (χ2v) is 2.19. The van der Waals surface area contributed by atoms with E-state index in [1.807, 2.05) is 6.07 Å². The van der Waals surface area contributed by atoms with Crippen LogP contribution in [0.25, 0.3) is 0 Å². The van der Waals surface area contributed by atoms with Crippen molar-refractivity contribution in [3.8, 4) is 6.07 Å². The monoisotopic (exact) mass is 165 g/mol. The minimum Gasteiger partial charge on any atom is -0.468 e. The van der Waals surface area contributed by atoms with Crippen LogP contribution >= 0.6 is 0 Å². The smallest absolute Gasteiger partial charge is 0.323 e. The molecule has 0 fully saturated rings. The Kier molecular flexibility index (Phi) is 5.42. The van der Waals surface area contributed by atoms with E-state index in [1.54, 1.807) is 6.08 Å². The van der Waals surface area contributed by atoms with E-state index < -0.39 is 11.9 Å². The van der Waals surface area contributed by atoms with Gasteiger partial charge in [0.1, 0.15) is 5.92 Å². The third kappa shape index (κ3) is 3.60. The van der Waals surface area contributed by atoms with E-state index in [0.717, 1.165) is 0 Å². The highest BCUT2D eigenvalue weighted by Gasteiger charge is 2.16. The molecule has 0 aromatic heterocycles. The largest absolute Gasteiger partial charge is 0.468 e. The Bertz CT molecular complexity index is 233. The summed E-state index contributed by atoms with van der Waals surface area (Å²) in [6.07, 6.45) is 2.77. The van der Waals surface area contributed by atoms with Gasteiger partial charge in [-0.2, -0.15) is 5.26 Å². The van der Waals surface area contributed by atoms with Crippen molar-refractivity contribution in [3.05, 3.63) is 18.4 Å². The molecule has 0 aliphatic rings.